The smallest absolute Gasteiger partial charge is 0.202 e. The monoisotopic (exact) mass is 486 g/mol. The third-order valence-electron chi connectivity index (χ3n) is 5.23. The molecular formula is C25H19BrN4S. The Morgan fingerprint density at radius 2 is 1.52 bits per heavy atom. The summed E-state index contributed by atoms with van der Waals surface area (Å²) in [5.74, 6) is 0. The number of nitrogens with one attached hydrogen (secondary N) is 1. The van der Waals surface area contributed by atoms with Crippen LogP contribution in [0, 0.1) is 4.77 Å². The Hall–Kier alpha value is -3.22. The fraction of sp³-hybridized carbons (Fsp3) is 0.0400. The molecule has 6 heteroatoms. The number of hydrogen-bond acceptors (Lipinski definition) is 2. The largest absolute Gasteiger partial charge is 0.359 e. The van der Waals surface area contributed by atoms with Crippen LogP contribution in [0.5, 0.6) is 0 Å². The summed E-state index contributed by atoms with van der Waals surface area (Å²) in [5, 5.41) is 4.61. The van der Waals surface area contributed by atoms with Gasteiger partial charge in [0.2, 0.25) is 4.77 Å². The second-order valence-corrected chi connectivity index (χ2v) is 8.42. The van der Waals surface area contributed by atoms with Gasteiger partial charge in [0.25, 0.3) is 0 Å². The molecular weight excluding hydrogens is 468 g/mol. The van der Waals surface area contributed by atoms with E-state index >= 15 is 0 Å². The van der Waals surface area contributed by atoms with E-state index in [9.17, 15) is 0 Å². The molecule has 152 valence electrons. The average Bonchev–Trinajstić information content (AvgIpc) is 3.39. The van der Waals surface area contributed by atoms with Crippen molar-refractivity contribution in [3.8, 4) is 28.1 Å². The normalized spacial score (nSPS) is 11.0. The van der Waals surface area contributed by atoms with Gasteiger partial charge in [-0.3, -0.25) is 4.57 Å². The third kappa shape index (κ3) is 3.80. The molecule has 0 atom stereocenters. The van der Waals surface area contributed by atoms with Crippen LogP contribution < -0.4 is 0 Å². The van der Waals surface area contributed by atoms with Crippen LogP contribution >= 0.6 is 28.1 Å². The van der Waals surface area contributed by atoms with Gasteiger partial charge >= 0.3 is 0 Å². The second-order valence-electron chi connectivity index (χ2n) is 7.20. The summed E-state index contributed by atoms with van der Waals surface area (Å²) >= 11 is 9.56. The molecule has 0 saturated heterocycles. The Kier molecular flexibility index (Phi) is 5.40. The number of hydrogen-bond donors (Lipinski definition) is 1. The molecule has 4 nitrogen and oxygen atoms in total. The van der Waals surface area contributed by atoms with Crippen LogP contribution in [0.4, 0.5) is 0 Å². The summed E-state index contributed by atoms with van der Waals surface area (Å²) < 4.78 is 5.51. The zero-order valence-corrected chi connectivity index (χ0v) is 19.0. The van der Waals surface area contributed by atoms with Crippen molar-refractivity contribution in [1.29, 1.82) is 0 Å². The third-order valence-corrected chi connectivity index (χ3v) is 6.33. The van der Waals surface area contributed by atoms with Gasteiger partial charge in [-0.2, -0.15) is 5.10 Å². The fourth-order valence-electron chi connectivity index (χ4n) is 3.73. The van der Waals surface area contributed by atoms with Crippen LogP contribution in [0.1, 0.15) is 5.56 Å². The van der Waals surface area contributed by atoms with Gasteiger partial charge in [-0.1, -0.05) is 94.8 Å². The van der Waals surface area contributed by atoms with Gasteiger partial charge in [0.15, 0.2) is 0 Å². The number of nitrogens with zero attached hydrogens (tertiary/aromatic N) is 3. The second kappa shape index (κ2) is 8.49. The van der Waals surface area contributed by atoms with E-state index in [0.29, 0.717) is 11.3 Å². The van der Waals surface area contributed by atoms with Gasteiger partial charge in [-0.05, 0) is 29.4 Å². The van der Waals surface area contributed by atoms with Crippen molar-refractivity contribution in [1.82, 2.24) is 19.3 Å². The maximum Gasteiger partial charge on any atom is 0.202 e. The quantitative estimate of drug-likeness (QED) is 0.275. The standard InChI is InChI=1S/C25H19BrN4S/c26-22-14-8-7-13-20(22)23-24(21(15-27-23)19-11-5-2-6-12-19)29-17-28-30(25(29)31)16-18-9-3-1-4-10-18/h1-15,17,27H,16H2. The topological polar surface area (TPSA) is 38.5 Å². The van der Waals surface area contributed by atoms with Crippen molar-refractivity contribution >= 4 is 28.1 Å². The number of rotatable bonds is 5. The minimum Gasteiger partial charge on any atom is -0.359 e. The summed E-state index contributed by atoms with van der Waals surface area (Å²) in [4.78, 5) is 3.48. The van der Waals surface area contributed by atoms with Gasteiger partial charge < -0.3 is 4.98 Å². The first-order valence-corrected chi connectivity index (χ1v) is 11.1. The van der Waals surface area contributed by atoms with Crippen LogP contribution in [0.3, 0.4) is 0 Å². The molecule has 31 heavy (non-hydrogen) atoms. The molecule has 2 aromatic heterocycles. The van der Waals surface area contributed by atoms with E-state index in [1.807, 2.05) is 70.0 Å². The van der Waals surface area contributed by atoms with E-state index < -0.39 is 0 Å². The van der Waals surface area contributed by atoms with Crippen molar-refractivity contribution < 1.29 is 0 Å². The zero-order valence-electron chi connectivity index (χ0n) is 16.6. The van der Waals surface area contributed by atoms with E-state index in [-0.39, 0.29) is 0 Å². The fourth-order valence-corrected chi connectivity index (χ4v) is 4.46. The van der Waals surface area contributed by atoms with Crippen molar-refractivity contribution in [2.75, 3.05) is 0 Å². The molecule has 3 aromatic carbocycles. The van der Waals surface area contributed by atoms with Crippen molar-refractivity contribution in [3.05, 3.63) is 112 Å². The highest BCUT2D eigenvalue weighted by molar-refractivity contribution is 9.10. The number of halogens is 1. The van der Waals surface area contributed by atoms with Gasteiger partial charge in [-0.25, -0.2) is 4.68 Å². The van der Waals surface area contributed by atoms with Gasteiger partial charge in [-0.15, -0.1) is 0 Å². The highest BCUT2D eigenvalue weighted by Gasteiger charge is 2.19. The minimum atomic E-state index is 0.627. The van der Waals surface area contributed by atoms with E-state index in [1.165, 1.54) is 0 Å². The summed E-state index contributed by atoms with van der Waals surface area (Å²) in [6.45, 7) is 0.627. The molecule has 0 unspecified atom stereocenters. The maximum absolute atomic E-state index is 5.86. The minimum absolute atomic E-state index is 0.627. The predicted octanol–water partition coefficient (Wildman–Crippen LogP) is 6.88. The summed E-state index contributed by atoms with van der Waals surface area (Å²) in [6.07, 6.45) is 3.84. The molecule has 0 spiro atoms. The summed E-state index contributed by atoms with van der Waals surface area (Å²) in [6, 6.07) is 28.7. The SMILES string of the molecule is S=c1n(-c2c(-c3ccccc3)c[nH]c2-c2ccccc2Br)cnn1Cc1ccccc1. The lowest BCUT2D eigenvalue weighted by atomic mass is 10.0. The van der Waals surface area contributed by atoms with Crippen LogP contribution in [-0.4, -0.2) is 19.3 Å². The zero-order chi connectivity index (χ0) is 21.2. The molecule has 0 aliphatic heterocycles. The predicted molar refractivity (Wildman–Crippen MR) is 131 cm³/mol. The summed E-state index contributed by atoms with van der Waals surface area (Å²) in [5.41, 5.74) is 6.39. The van der Waals surface area contributed by atoms with Crippen LogP contribution in [-0.2, 0) is 6.54 Å². The molecule has 0 radical (unpaired) electrons. The Morgan fingerprint density at radius 3 is 2.26 bits per heavy atom. The van der Waals surface area contributed by atoms with Crippen molar-refractivity contribution in [2.24, 2.45) is 0 Å². The summed E-state index contributed by atoms with van der Waals surface area (Å²) in [7, 11) is 0. The Bertz CT molecular complexity index is 1380. The molecule has 0 saturated carbocycles. The van der Waals surface area contributed by atoms with Gasteiger partial charge in [0, 0.05) is 21.8 Å². The van der Waals surface area contributed by atoms with Crippen LogP contribution in [0.25, 0.3) is 28.1 Å². The van der Waals surface area contributed by atoms with Crippen molar-refractivity contribution in [3.63, 3.8) is 0 Å². The Morgan fingerprint density at radius 1 is 0.839 bits per heavy atom. The lowest BCUT2D eigenvalue weighted by Crippen LogP contribution is -2.03. The van der Waals surface area contributed by atoms with E-state index in [4.69, 9.17) is 12.2 Å². The lowest BCUT2D eigenvalue weighted by molar-refractivity contribution is 0.672. The molecule has 0 aliphatic carbocycles. The number of H-pyrrole nitrogens is 1. The van der Waals surface area contributed by atoms with Crippen LogP contribution in [0.15, 0.2) is 102 Å². The molecule has 2 heterocycles. The molecule has 0 fully saturated rings. The lowest BCUT2D eigenvalue weighted by Gasteiger charge is -2.10. The van der Waals surface area contributed by atoms with Crippen LogP contribution in [0.2, 0.25) is 0 Å². The average molecular weight is 487 g/mol. The van der Waals surface area contributed by atoms with Gasteiger partial charge in [0.1, 0.15) is 6.33 Å². The molecule has 0 amide bonds. The molecule has 5 aromatic rings. The molecule has 5 rings (SSSR count). The first kappa shape index (κ1) is 19.7. The number of benzene rings is 3. The van der Waals surface area contributed by atoms with Gasteiger partial charge in [0.05, 0.1) is 17.9 Å². The highest BCUT2D eigenvalue weighted by atomic mass is 79.9. The molecule has 0 bridgehead atoms. The molecule has 1 N–H and O–H groups in total. The first-order valence-electron chi connectivity index (χ1n) is 9.93. The maximum atomic E-state index is 5.86. The Balaban J connectivity index is 1.69. The van der Waals surface area contributed by atoms with E-state index in [2.05, 4.69) is 56.3 Å². The number of aromatic nitrogens is 4. The highest BCUT2D eigenvalue weighted by Crippen LogP contribution is 2.38. The first-order chi connectivity index (χ1) is 15.2. The van der Waals surface area contributed by atoms with E-state index in [1.54, 1.807) is 6.33 Å². The number of aromatic amines is 1. The Labute approximate surface area is 193 Å². The van der Waals surface area contributed by atoms with Crippen molar-refractivity contribution in [2.45, 2.75) is 6.54 Å². The molecule has 0 aliphatic rings. The van der Waals surface area contributed by atoms with E-state index in [0.717, 1.165) is 38.1 Å².